The Hall–Kier alpha value is -2.50. The van der Waals surface area contributed by atoms with Gasteiger partial charge in [0.1, 0.15) is 11.5 Å². The predicted octanol–water partition coefficient (Wildman–Crippen LogP) is 4.73. The largest absolute Gasteiger partial charge is 0.338 e. The van der Waals surface area contributed by atoms with Crippen molar-refractivity contribution in [3.8, 4) is 5.69 Å². The molecule has 28 heavy (non-hydrogen) atoms. The molecule has 1 aliphatic heterocycles. The molecule has 4 nitrogen and oxygen atoms in total. The van der Waals surface area contributed by atoms with Crippen LogP contribution in [0.1, 0.15) is 53.8 Å². The van der Waals surface area contributed by atoms with Gasteiger partial charge in [-0.3, -0.25) is 4.79 Å². The second-order valence-electron chi connectivity index (χ2n) is 8.10. The zero-order valence-electron chi connectivity index (χ0n) is 16.3. The summed E-state index contributed by atoms with van der Waals surface area (Å²) in [6.45, 7) is 5.02. The Bertz CT molecular complexity index is 949. The lowest BCUT2D eigenvalue weighted by molar-refractivity contribution is 0.0483. The molecule has 4 rings (SSSR count). The molecule has 1 unspecified atom stereocenters. The van der Waals surface area contributed by atoms with Crippen molar-refractivity contribution in [3.05, 3.63) is 58.9 Å². The molecule has 0 saturated carbocycles. The van der Waals surface area contributed by atoms with E-state index in [0.717, 1.165) is 51.3 Å². The van der Waals surface area contributed by atoms with Crippen LogP contribution < -0.4 is 0 Å². The highest BCUT2D eigenvalue weighted by Gasteiger charge is 2.38. The lowest BCUT2D eigenvalue weighted by Crippen LogP contribution is -2.46. The Kier molecular flexibility index (Phi) is 4.81. The molecule has 2 aromatic rings. The second-order valence-corrected chi connectivity index (χ2v) is 8.10. The predicted molar refractivity (Wildman–Crippen MR) is 104 cm³/mol. The minimum atomic E-state index is -0.699. The number of halogens is 2. The van der Waals surface area contributed by atoms with Gasteiger partial charge in [0.15, 0.2) is 5.82 Å². The Balaban J connectivity index is 1.65. The van der Waals surface area contributed by atoms with Crippen LogP contribution in [-0.4, -0.2) is 33.7 Å². The SMILES string of the molecule is Cc1nn(-c2ccc(F)cc2F)c(C)c1C(=O)N1CCCC2(CC=CCC2)C1. The zero-order chi connectivity index (χ0) is 19.9. The standard InChI is InChI=1S/C22H25F2N3O/c1-15-20(16(2)27(25-15)19-8-7-17(23)13-18(19)24)21(28)26-12-6-11-22(14-26)9-4-3-5-10-22/h3-4,7-8,13H,5-6,9-12,14H2,1-2H3. The highest BCUT2D eigenvalue weighted by atomic mass is 19.1. The van der Waals surface area contributed by atoms with E-state index in [1.165, 1.54) is 16.8 Å². The van der Waals surface area contributed by atoms with E-state index in [0.29, 0.717) is 17.0 Å². The summed E-state index contributed by atoms with van der Waals surface area (Å²) in [6, 6.07) is 3.38. The summed E-state index contributed by atoms with van der Waals surface area (Å²) in [6.07, 6.45) is 9.82. The summed E-state index contributed by atoms with van der Waals surface area (Å²) < 4.78 is 28.9. The molecule has 0 radical (unpaired) electrons. The highest BCUT2D eigenvalue weighted by Crippen LogP contribution is 2.41. The van der Waals surface area contributed by atoms with E-state index >= 15 is 0 Å². The fraction of sp³-hybridized carbons (Fsp3) is 0.455. The van der Waals surface area contributed by atoms with Crippen molar-refractivity contribution < 1.29 is 13.6 Å². The van der Waals surface area contributed by atoms with Crippen LogP contribution in [0.3, 0.4) is 0 Å². The van der Waals surface area contributed by atoms with Gasteiger partial charge in [0.25, 0.3) is 5.91 Å². The molecule has 2 aliphatic rings. The summed E-state index contributed by atoms with van der Waals surface area (Å²) >= 11 is 0. The van der Waals surface area contributed by atoms with Crippen LogP contribution in [0.5, 0.6) is 0 Å². The summed E-state index contributed by atoms with van der Waals surface area (Å²) in [7, 11) is 0. The monoisotopic (exact) mass is 385 g/mol. The number of likely N-dealkylation sites (tertiary alicyclic amines) is 1. The van der Waals surface area contributed by atoms with Crippen LogP contribution in [0.25, 0.3) is 5.69 Å². The van der Waals surface area contributed by atoms with Gasteiger partial charge < -0.3 is 4.90 Å². The maximum Gasteiger partial charge on any atom is 0.257 e. The molecule has 0 bridgehead atoms. The summed E-state index contributed by atoms with van der Waals surface area (Å²) in [5.41, 5.74) is 2.00. The number of amides is 1. The smallest absolute Gasteiger partial charge is 0.257 e. The number of nitrogens with zero attached hydrogens (tertiary/aromatic N) is 3. The average Bonchev–Trinajstić information content (AvgIpc) is 2.96. The van der Waals surface area contributed by atoms with Gasteiger partial charge in [-0.05, 0) is 63.5 Å². The summed E-state index contributed by atoms with van der Waals surface area (Å²) in [5, 5.41) is 4.39. The topological polar surface area (TPSA) is 38.1 Å². The molecule has 1 aromatic heterocycles. The zero-order valence-corrected chi connectivity index (χ0v) is 16.3. The van der Waals surface area contributed by atoms with E-state index in [1.807, 2.05) is 4.90 Å². The first-order chi connectivity index (χ1) is 13.4. The molecule has 148 valence electrons. The Morgan fingerprint density at radius 2 is 2.00 bits per heavy atom. The number of hydrogen-bond acceptors (Lipinski definition) is 2. The normalized spacial score (nSPS) is 22.1. The van der Waals surface area contributed by atoms with Crippen molar-refractivity contribution in [2.45, 2.75) is 46.0 Å². The maximum atomic E-state index is 14.2. The third-order valence-electron chi connectivity index (χ3n) is 6.15. The maximum absolute atomic E-state index is 14.2. The molecule has 1 spiro atoms. The van der Waals surface area contributed by atoms with Crippen LogP contribution in [0.15, 0.2) is 30.4 Å². The number of benzene rings is 1. The molecule has 1 aliphatic carbocycles. The minimum absolute atomic E-state index is 0.0441. The fourth-order valence-corrected chi connectivity index (χ4v) is 4.69. The molecule has 6 heteroatoms. The molecule has 1 fully saturated rings. The van der Waals surface area contributed by atoms with Gasteiger partial charge in [-0.25, -0.2) is 13.5 Å². The summed E-state index contributed by atoms with van der Waals surface area (Å²) in [5.74, 6) is -1.38. The number of rotatable bonds is 2. The van der Waals surface area contributed by atoms with Crippen molar-refractivity contribution in [1.82, 2.24) is 14.7 Å². The van der Waals surface area contributed by atoms with Crippen molar-refractivity contribution in [2.75, 3.05) is 13.1 Å². The Labute approximate surface area is 163 Å². The van der Waals surface area contributed by atoms with Gasteiger partial charge in [-0.2, -0.15) is 5.10 Å². The number of carbonyl (C=O) groups is 1. The van der Waals surface area contributed by atoms with Gasteiger partial charge in [-0.1, -0.05) is 12.2 Å². The van der Waals surface area contributed by atoms with E-state index in [2.05, 4.69) is 17.3 Å². The molecule has 1 saturated heterocycles. The van der Waals surface area contributed by atoms with Crippen LogP contribution in [0.4, 0.5) is 8.78 Å². The van der Waals surface area contributed by atoms with Gasteiger partial charge in [0.05, 0.1) is 17.0 Å². The molecular formula is C22H25F2N3O. The molecule has 0 N–H and O–H groups in total. The van der Waals surface area contributed by atoms with Crippen molar-refractivity contribution in [1.29, 1.82) is 0 Å². The second kappa shape index (κ2) is 7.15. The lowest BCUT2D eigenvalue weighted by Gasteiger charge is -2.44. The van der Waals surface area contributed by atoms with Crippen LogP contribution in [0.2, 0.25) is 0 Å². The van der Waals surface area contributed by atoms with E-state index in [-0.39, 0.29) is 17.0 Å². The number of aromatic nitrogens is 2. The van der Waals surface area contributed by atoms with Crippen molar-refractivity contribution in [2.24, 2.45) is 5.41 Å². The van der Waals surface area contributed by atoms with Crippen molar-refractivity contribution in [3.63, 3.8) is 0 Å². The number of aryl methyl sites for hydroxylation is 1. The highest BCUT2D eigenvalue weighted by molar-refractivity contribution is 5.96. The number of allylic oxidation sites excluding steroid dienone is 2. The molecular weight excluding hydrogens is 360 g/mol. The van der Waals surface area contributed by atoms with Gasteiger partial charge in [-0.15, -0.1) is 0 Å². The lowest BCUT2D eigenvalue weighted by atomic mass is 9.71. The summed E-state index contributed by atoms with van der Waals surface area (Å²) in [4.78, 5) is 15.3. The van der Waals surface area contributed by atoms with Crippen LogP contribution in [0, 0.1) is 30.9 Å². The van der Waals surface area contributed by atoms with Gasteiger partial charge >= 0.3 is 0 Å². The Morgan fingerprint density at radius 3 is 2.71 bits per heavy atom. The minimum Gasteiger partial charge on any atom is -0.338 e. The number of piperidine rings is 1. The van der Waals surface area contributed by atoms with Crippen LogP contribution in [-0.2, 0) is 0 Å². The molecule has 1 atom stereocenters. The fourth-order valence-electron chi connectivity index (χ4n) is 4.69. The average molecular weight is 385 g/mol. The van der Waals surface area contributed by atoms with Gasteiger partial charge in [0.2, 0.25) is 0 Å². The molecule has 1 aromatic carbocycles. The van der Waals surface area contributed by atoms with E-state index < -0.39 is 11.6 Å². The third kappa shape index (κ3) is 3.25. The Morgan fingerprint density at radius 1 is 1.18 bits per heavy atom. The number of hydrogen-bond donors (Lipinski definition) is 0. The first kappa shape index (κ1) is 18.8. The van der Waals surface area contributed by atoms with Gasteiger partial charge in [0, 0.05) is 19.2 Å². The molecule has 2 heterocycles. The van der Waals surface area contributed by atoms with Crippen LogP contribution >= 0.6 is 0 Å². The molecule has 1 amide bonds. The van der Waals surface area contributed by atoms with E-state index in [4.69, 9.17) is 0 Å². The van der Waals surface area contributed by atoms with E-state index in [1.54, 1.807) is 13.8 Å². The first-order valence-corrected chi connectivity index (χ1v) is 9.86. The third-order valence-corrected chi connectivity index (χ3v) is 6.15. The quantitative estimate of drug-likeness (QED) is 0.701. The van der Waals surface area contributed by atoms with Crippen molar-refractivity contribution >= 4 is 5.91 Å². The van der Waals surface area contributed by atoms with E-state index in [9.17, 15) is 13.6 Å². The number of carbonyl (C=O) groups excluding carboxylic acids is 1. The first-order valence-electron chi connectivity index (χ1n) is 9.86.